The van der Waals surface area contributed by atoms with Gasteiger partial charge in [0.2, 0.25) is 0 Å². The summed E-state index contributed by atoms with van der Waals surface area (Å²) in [7, 11) is 0. The van der Waals surface area contributed by atoms with Crippen molar-refractivity contribution in [2.75, 3.05) is 24.5 Å². The highest BCUT2D eigenvalue weighted by Gasteiger charge is 2.24. The Bertz CT molecular complexity index is 308. The first-order valence-corrected chi connectivity index (χ1v) is 6.19. The fourth-order valence-corrected chi connectivity index (χ4v) is 1.99. The Morgan fingerprint density at radius 3 is 2.80 bits per heavy atom. The van der Waals surface area contributed by atoms with E-state index in [9.17, 15) is 0 Å². The molecule has 0 bridgehead atoms. The Morgan fingerprint density at radius 1 is 1.53 bits per heavy atom. The van der Waals surface area contributed by atoms with Crippen LogP contribution in [0.3, 0.4) is 0 Å². The molecule has 0 spiro atoms. The van der Waals surface area contributed by atoms with Gasteiger partial charge in [-0.05, 0) is 34.5 Å². The van der Waals surface area contributed by atoms with Gasteiger partial charge in [-0.25, -0.2) is 4.98 Å². The Labute approximate surface area is 99.0 Å². The predicted octanol–water partition coefficient (Wildman–Crippen LogP) is 2.03. The summed E-state index contributed by atoms with van der Waals surface area (Å²) < 4.78 is 1.04. The van der Waals surface area contributed by atoms with E-state index in [-0.39, 0.29) is 0 Å². The molecule has 0 atom stereocenters. The lowest BCUT2D eigenvalue weighted by Crippen LogP contribution is -2.57. The summed E-state index contributed by atoms with van der Waals surface area (Å²) in [5.74, 6) is 1.09. The van der Waals surface area contributed by atoms with E-state index in [4.69, 9.17) is 0 Å². The molecule has 82 valence electrons. The van der Waals surface area contributed by atoms with Crippen LogP contribution in [0.5, 0.6) is 0 Å². The molecular weight excluding hydrogens is 254 g/mol. The summed E-state index contributed by atoms with van der Waals surface area (Å²) in [4.78, 5) is 6.84. The van der Waals surface area contributed by atoms with Crippen molar-refractivity contribution in [3.63, 3.8) is 0 Å². The molecule has 2 rings (SSSR count). The quantitative estimate of drug-likeness (QED) is 0.907. The summed E-state index contributed by atoms with van der Waals surface area (Å²) in [5, 5.41) is 3.30. The van der Waals surface area contributed by atoms with Crippen LogP contribution in [0.2, 0.25) is 0 Å². The zero-order chi connectivity index (χ0) is 10.7. The van der Waals surface area contributed by atoms with E-state index < -0.39 is 0 Å². The van der Waals surface area contributed by atoms with Gasteiger partial charge >= 0.3 is 0 Å². The molecule has 0 aromatic carbocycles. The van der Waals surface area contributed by atoms with Crippen LogP contribution in [0.25, 0.3) is 0 Å². The van der Waals surface area contributed by atoms with Crippen LogP contribution in [0.15, 0.2) is 22.8 Å². The monoisotopic (exact) mass is 269 g/mol. The van der Waals surface area contributed by atoms with Crippen LogP contribution in [-0.2, 0) is 0 Å². The molecule has 15 heavy (non-hydrogen) atoms. The summed E-state index contributed by atoms with van der Waals surface area (Å²) in [6.45, 7) is 5.45. The van der Waals surface area contributed by atoms with Crippen molar-refractivity contribution >= 4 is 21.7 Å². The molecule has 1 aromatic rings. The van der Waals surface area contributed by atoms with Gasteiger partial charge in [0.15, 0.2) is 0 Å². The lowest BCUT2D eigenvalue weighted by Gasteiger charge is -2.39. The van der Waals surface area contributed by atoms with E-state index in [1.165, 1.54) is 0 Å². The second-order valence-electron chi connectivity index (χ2n) is 3.84. The Hall–Kier alpha value is -0.610. The average Bonchev–Trinajstić information content (AvgIpc) is 2.16. The third-order valence-electron chi connectivity index (χ3n) is 2.67. The van der Waals surface area contributed by atoms with E-state index in [0.29, 0.717) is 6.04 Å². The number of pyridine rings is 1. The topological polar surface area (TPSA) is 28.2 Å². The second-order valence-corrected chi connectivity index (χ2v) is 4.76. The maximum atomic E-state index is 4.45. The van der Waals surface area contributed by atoms with Crippen molar-refractivity contribution < 1.29 is 0 Å². The Balaban J connectivity index is 2.12. The van der Waals surface area contributed by atoms with Crippen molar-refractivity contribution in [3.05, 3.63) is 22.8 Å². The summed E-state index contributed by atoms with van der Waals surface area (Å²) in [6, 6.07) is 4.76. The molecule has 1 fully saturated rings. The molecule has 3 nitrogen and oxygen atoms in total. The van der Waals surface area contributed by atoms with Crippen molar-refractivity contribution in [2.45, 2.75) is 19.4 Å². The van der Waals surface area contributed by atoms with Crippen molar-refractivity contribution in [2.24, 2.45) is 0 Å². The number of nitrogens with zero attached hydrogens (tertiary/aromatic N) is 2. The SMILES string of the molecule is CCCN(c1ccc(Br)cn1)C1CNC1. The normalized spacial score (nSPS) is 16.1. The third-order valence-corrected chi connectivity index (χ3v) is 3.14. The Morgan fingerprint density at radius 2 is 2.33 bits per heavy atom. The first-order chi connectivity index (χ1) is 7.31. The average molecular weight is 270 g/mol. The first kappa shape index (κ1) is 10.9. The van der Waals surface area contributed by atoms with Crippen molar-refractivity contribution in [1.82, 2.24) is 10.3 Å². The number of halogens is 1. The molecule has 1 aliphatic rings. The van der Waals surface area contributed by atoms with Crippen LogP contribution < -0.4 is 10.2 Å². The highest BCUT2D eigenvalue weighted by atomic mass is 79.9. The minimum atomic E-state index is 0.624. The fraction of sp³-hybridized carbons (Fsp3) is 0.545. The molecule has 0 saturated carbocycles. The van der Waals surface area contributed by atoms with Gasteiger partial charge in [0, 0.05) is 30.3 Å². The van der Waals surface area contributed by atoms with E-state index in [1.54, 1.807) is 0 Å². The van der Waals surface area contributed by atoms with E-state index in [2.05, 4.69) is 50.2 Å². The molecule has 1 aliphatic heterocycles. The first-order valence-electron chi connectivity index (χ1n) is 5.40. The minimum absolute atomic E-state index is 0.624. The van der Waals surface area contributed by atoms with Crippen molar-refractivity contribution in [3.8, 4) is 0 Å². The lowest BCUT2D eigenvalue weighted by molar-refractivity contribution is 0.410. The van der Waals surface area contributed by atoms with Crippen LogP contribution in [-0.4, -0.2) is 30.7 Å². The zero-order valence-corrected chi connectivity index (χ0v) is 10.5. The Kier molecular flexibility index (Phi) is 3.59. The molecule has 0 radical (unpaired) electrons. The number of aromatic nitrogens is 1. The predicted molar refractivity (Wildman–Crippen MR) is 66.2 cm³/mol. The van der Waals surface area contributed by atoms with E-state index in [1.807, 2.05) is 6.20 Å². The van der Waals surface area contributed by atoms with Crippen LogP contribution in [0, 0.1) is 0 Å². The van der Waals surface area contributed by atoms with Gasteiger partial charge in [0.1, 0.15) is 5.82 Å². The number of hydrogen-bond acceptors (Lipinski definition) is 3. The number of anilines is 1. The number of hydrogen-bond donors (Lipinski definition) is 1. The van der Waals surface area contributed by atoms with Gasteiger partial charge in [0.05, 0.1) is 6.04 Å². The largest absolute Gasteiger partial charge is 0.351 e. The fourth-order valence-electron chi connectivity index (χ4n) is 1.76. The van der Waals surface area contributed by atoms with Crippen LogP contribution in [0.4, 0.5) is 5.82 Å². The molecular formula is C11H16BrN3. The van der Waals surface area contributed by atoms with Crippen LogP contribution >= 0.6 is 15.9 Å². The third kappa shape index (κ3) is 2.49. The number of rotatable bonds is 4. The van der Waals surface area contributed by atoms with Gasteiger partial charge in [0.25, 0.3) is 0 Å². The van der Waals surface area contributed by atoms with Gasteiger partial charge in [-0.15, -0.1) is 0 Å². The summed E-state index contributed by atoms with van der Waals surface area (Å²) in [5.41, 5.74) is 0. The smallest absolute Gasteiger partial charge is 0.128 e. The highest BCUT2D eigenvalue weighted by Crippen LogP contribution is 2.18. The van der Waals surface area contributed by atoms with E-state index in [0.717, 1.165) is 36.3 Å². The molecule has 4 heteroatoms. The van der Waals surface area contributed by atoms with E-state index >= 15 is 0 Å². The van der Waals surface area contributed by atoms with Gasteiger partial charge in [-0.2, -0.15) is 0 Å². The van der Waals surface area contributed by atoms with Gasteiger partial charge in [-0.1, -0.05) is 6.92 Å². The lowest BCUT2D eigenvalue weighted by atomic mass is 10.1. The zero-order valence-electron chi connectivity index (χ0n) is 8.91. The second kappa shape index (κ2) is 4.94. The summed E-state index contributed by atoms with van der Waals surface area (Å²) >= 11 is 3.41. The molecule has 1 aromatic heterocycles. The number of nitrogens with one attached hydrogen (secondary N) is 1. The molecule has 0 amide bonds. The molecule has 0 unspecified atom stereocenters. The van der Waals surface area contributed by atoms with Gasteiger partial charge < -0.3 is 10.2 Å². The van der Waals surface area contributed by atoms with Crippen LogP contribution in [0.1, 0.15) is 13.3 Å². The maximum absolute atomic E-state index is 4.45. The summed E-state index contributed by atoms with van der Waals surface area (Å²) in [6.07, 6.45) is 3.03. The molecule has 2 heterocycles. The molecule has 1 N–H and O–H groups in total. The molecule has 1 saturated heterocycles. The maximum Gasteiger partial charge on any atom is 0.128 e. The standard InChI is InChI=1S/C11H16BrN3/c1-2-5-15(10-7-13-8-10)11-4-3-9(12)6-14-11/h3-4,6,10,13H,2,5,7-8H2,1H3. The highest BCUT2D eigenvalue weighted by molar-refractivity contribution is 9.10. The van der Waals surface area contributed by atoms with Crippen molar-refractivity contribution in [1.29, 1.82) is 0 Å². The molecule has 0 aliphatic carbocycles. The van der Waals surface area contributed by atoms with Gasteiger partial charge in [-0.3, -0.25) is 0 Å². The minimum Gasteiger partial charge on any atom is -0.351 e.